The summed E-state index contributed by atoms with van der Waals surface area (Å²) in [5.41, 5.74) is 2.23. The van der Waals surface area contributed by atoms with Crippen LogP contribution in [0.2, 0.25) is 0 Å². The summed E-state index contributed by atoms with van der Waals surface area (Å²) in [5.74, 6) is 7.24. The van der Waals surface area contributed by atoms with Gasteiger partial charge in [-0.3, -0.25) is 4.79 Å². The van der Waals surface area contributed by atoms with Gasteiger partial charge in [0.05, 0.1) is 4.91 Å². The molecule has 1 N–H and O–H groups in total. The first kappa shape index (κ1) is 16.0. The van der Waals surface area contributed by atoms with Crippen LogP contribution in [0, 0.1) is 24.7 Å². The molecule has 0 aromatic heterocycles. The van der Waals surface area contributed by atoms with Gasteiger partial charge in [0.25, 0.3) is 5.91 Å². The van der Waals surface area contributed by atoms with Gasteiger partial charge in [-0.1, -0.05) is 48.2 Å². The number of hydrogen-bond acceptors (Lipinski definition) is 3. The number of carbonyl (C=O) groups is 1. The van der Waals surface area contributed by atoms with Crippen molar-refractivity contribution in [2.45, 2.75) is 32.1 Å². The molecule has 0 spiro atoms. The molecule has 4 heteroatoms. The van der Waals surface area contributed by atoms with Crippen molar-refractivity contribution in [3.8, 4) is 11.8 Å². The van der Waals surface area contributed by atoms with E-state index in [4.69, 9.17) is 0 Å². The summed E-state index contributed by atoms with van der Waals surface area (Å²) in [6.07, 6.45) is 4.03. The van der Waals surface area contributed by atoms with E-state index in [1.807, 2.05) is 23.2 Å². The molecule has 2 heterocycles. The number of piperidine rings is 1. The van der Waals surface area contributed by atoms with Crippen LogP contribution < -0.4 is 5.32 Å². The molecule has 1 amide bonds. The van der Waals surface area contributed by atoms with E-state index in [-0.39, 0.29) is 11.3 Å². The van der Waals surface area contributed by atoms with Crippen molar-refractivity contribution in [1.29, 1.82) is 0 Å². The van der Waals surface area contributed by atoms with Crippen LogP contribution >= 0.6 is 11.8 Å². The van der Waals surface area contributed by atoms with Gasteiger partial charge >= 0.3 is 0 Å². The third-order valence-electron chi connectivity index (χ3n) is 4.29. The molecular formula is C19H22N2OS. The van der Waals surface area contributed by atoms with Gasteiger partial charge in [-0.25, -0.2) is 0 Å². The molecule has 2 aliphatic rings. The van der Waals surface area contributed by atoms with E-state index in [9.17, 15) is 4.79 Å². The van der Waals surface area contributed by atoms with E-state index in [0.717, 1.165) is 42.3 Å². The first-order valence-electron chi connectivity index (χ1n) is 8.12. The molecule has 0 aliphatic carbocycles. The van der Waals surface area contributed by atoms with Crippen molar-refractivity contribution in [1.82, 2.24) is 10.2 Å². The molecule has 1 unspecified atom stereocenters. The van der Waals surface area contributed by atoms with Gasteiger partial charge in [0.1, 0.15) is 5.37 Å². The van der Waals surface area contributed by atoms with Crippen LogP contribution in [-0.2, 0) is 4.79 Å². The maximum absolute atomic E-state index is 12.5. The minimum atomic E-state index is -0.0426. The summed E-state index contributed by atoms with van der Waals surface area (Å²) < 4.78 is 0. The Morgan fingerprint density at radius 3 is 2.65 bits per heavy atom. The monoisotopic (exact) mass is 326 g/mol. The summed E-state index contributed by atoms with van der Waals surface area (Å²) in [6, 6.07) is 8.17. The van der Waals surface area contributed by atoms with Crippen molar-refractivity contribution in [2.24, 2.45) is 5.92 Å². The highest BCUT2D eigenvalue weighted by atomic mass is 32.2. The molecular weight excluding hydrogens is 304 g/mol. The molecule has 1 aromatic rings. The topological polar surface area (TPSA) is 32.3 Å². The molecule has 23 heavy (non-hydrogen) atoms. The van der Waals surface area contributed by atoms with E-state index in [2.05, 4.69) is 43.1 Å². The van der Waals surface area contributed by atoms with E-state index < -0.39 is 0 Å². The third-order valence-corrected chi connectivity index (χ3v) is 5.33. The molecule has 2 aliphatic heterocycles. The molecule has 0 saturated carbocycles. The number of carbonyl (C=O) groups excluding carboxylic acids is 1. The number of rotatable bonds is 1. The quantitative estimate of drug-likeness (QED) is 0.805. The second kappa shape index (κ2) is 7.14. The Bertz CT molecular complexity index is 661. The molecule has 3 nitrogen and oxygen atoms in total. The lowest BCUT2D eigenvalue weighted by Crippen LogP contribution is -2.38. The smallest absolute Gasteiger partial charge is 0.261 e. The van der Waals surface area contributed by atoms with Crippen molar-refractivity contribution < 1.29 is 4.79 Å². The summed E-state index contributed by atoms with van der Waals surface area (Å²) >= 11 is 1.52. The van der Waals surface area contributed by atoms with Crippen molar-refractivity contribution in [2.75, 3.05) is 13.1 Å². The van der Waals surface area contributed by atoms with E-state index in [1.54, 1.807) is 0 Å². The molecule has 1 saturated heterocycles. The Labute approximate surface area is 142 Å². The number of aryl methyl sites for hydroxylation is 1. The van der Waals surface area contributed by atoms with Crippen LogP contribution in [0.3, 0.4) is 0 Å². The minimum absolute atomic E-state index is 0.0426. The highest BCUT2D eigenvalue weighted by molar-refractivity contribution is 8.05. The first-order chi connectivity index (χ1) is 11.1. The number of hydrogen-bond donors (Lipinski definition) is 1. The number of nitrogens with one attached hydrogen (secondary N) is 1. The van der Waals surface area contributed by atoms with Crippen molar-refractivity contribution in [3.63, 3.8) is 0 Å². The standard InChI is InChI=1S/C19H22N2OS/c1-14-3-5-16(6-4-14)7-8-18-20-13-17(23-18)19(22)21-11-9-15(2)10-12-21/h3-6,13,15,18,20H,9-12H2,1-2H3. The zero-order valence-electron chi connectivity index (χ0n) is 13.6. The Morgan fingerprint density at radius 1 is 1.26 bits per heavy atom. The summed E-state index contributed by atoms with van der Waals surface area (Å²) in [4.78, 5) is 15.3. The van der Waals surface area contributed by atoms with Crippen LogP contribution in [0.5, 0.6) is 0 Å². The second-order valence-electron chi connectivity index (χ2n) is 6.28. The molecule has 3 rings (SSSR count). The van der Waals surface area contributed by atoms with Gasteiger partial charge < -0.3 is 10.2 Å². The zero-order chi connectivity index (χ0) is 16.2. The van der Waals surface area contributed by atoms with Gasteiger partial charge in [0.2, 0.25) is 0 Å². The predicted octanol–water partition coefficient (Wildman–Crippen LogP) is 3.11. The molecule has 1 aromatic carbocycles. The Kier molecular flexibility index (Phi) is 4.97. The number of likely N-dealkylation sites (tertiary alicyclic amines) is 1. The van der Waals surface area contributed by atoms with Gasteiger partial charge in [0, 0.05) is 24.9 Å². The first-order valence-corrected chi connectivity index (χ1v) is 9.00. The fraction of sp³-hybridized carbons (Fsp3) is 0.421. The summed E-state index contributed by atoms with van der Waals surface area (Å²) in [6.45, 7) is 6.06. The molecule has 1 fully saturated rings. The average Bonchev–Trinajstić information content (AvgIpc) is 3.03. The van der Waals surface area contributed by atoms with Crippen molar-refractivity contribution >= 4 is 17.7 Å². The number of nitrogens with zero attached hydrogens (tertiary/aromatic N) is 1. The Hall–Kier alpha value is -1.86. The maximum Gasteiger partial charge on any atom is 0.261 e. The fourth-order valence-corrected chi connectivity index (χ4v) is 3.56. The SMILES string of the molecule is Cc1ccc(C#CC2NC=C(C(=O)N3CCC(C)CC3)S2)cc1. The normalized spacial score (nSPS) is 21.2. The molecule has 1 atom stereocenters. The van der Waals surface area contributed by atoms with Gasteiger partial charge in [0.15, 0.2) is 0 Å². The maximum atomic E-state index is 12.5. The minimum Gasteiger partial charge on any atom is -0.368 e. The van der Waals surface area contributed by atoms with Crippen molar-refractivity contribution in [3.05, 3.63) is 46.5 Å². The Balaban J connectivity index is 1.56. The van der Waals surface area contributed by atoms with E-state index >= 15 is 0 Å². The van der Waals surface area contributed by atoms with E-state index in [1.165, 1.54) is 17.3 Å². The second-order valence-corrected chi connectivity index (χ2v) is 7.43. The average molecular weight is 326 g/mol. The molecule has 120 valence electrons. The fourth-order valence-electron chi connectivity index (χ4n) is 2.68. The predicted molar refractivity (Wildman–Crippen MR) is 95.6 cm³/mol. The zero-order valence-corrected chi connectivity index (χ0v) is 14.5. The lowest BCUT2D eigenvalue weighted by atomic mass is 9.99. The Morgan fingerprint density at radius 2 is 1.96 bits per heavy atom. The largest absolute Gasteiger partial charge is 0.368 e. The number of amides is 1. The van der Waals surface area contributed by atoms with E-state index in [0.29, 0.717) is 0 Å². The van der Waals surface area contributed by atoms with Crippen LogP contribution in [0.1, 0.15) is 30.9 Å². The highest BCUT2D eigenvalue weighted by Crippen LogP contribution is 2.28. The van der Waals surface area contributed by atoms with Gasteiger partial charge in [-0.2, -0.15) is 0 Å². The summed E-state index contributed by atoms with van der Waals surface area (Å²) in [5, 5.41) is 3.15. The lowest BCUT2D eigenvalue weighted by molar-refractivity contribution is -0.127. The molecule has 0 bridgehead atoms. The number of benzene rings is 1. The highest BCUT2D eigenvalue weighted by Gasteiger charge is 2.27. The van der Waals surface area contributed by atoms with Crippen LogP contribution in [0.4, 0.5) is 0 Å². The van der Waals surface area contributed by atoms with Crippen LogP contribution in [0.25, 0.3) is 0 Å². The lowest BCUT2D eigenvalue weighted by Gasteiger charge is -2.30. The van der Waals surface area contributed by atoms with Gasteiger partial charge in [-0.05, 0) is 37.8 Å². The van der Waals surface area contributed by atoms with Gasteiger partial charge in [-0.15, -0.1) is 0 Å². The van der Waals surface area contributed by atoms with Crippen LogP contribution in [0.15, 0.2) is 35.4 Å². The third kappa shape index (κ3) is 4.11. The number of thioether (sulfide) groups is 1. The summed E-state index contributed by atoms with van der Waals surface area (Å²) in [7, 11) is 0. The van der Waals surface area contributed by atoms with Crippen LogP contribution in [-0.4, -0.2) is 29.3 Å². The molecule has 0 radical (unpaired) electrons.